The maximum Gasteiger partial charge on any atom is 0.276 e. The number of amides is 2. The second-order valence-electron chi connectivity index (χ2n) is 8.30. The molecule has 2 aliphatic heterocycles. The zero-order valence-electron chi connectivity index (χ0n) is 18.0. The summed E-state index contributed by atoms with van der Waals surface area (Å²) in [7, 11) is 1.58. The number of piperidine rings is 1. The smallest absolute Gasteiger partial charge is 0.276 e. The molecule has 9 nitrogen and oxygen atoms in total. The summed E-state index contributed by atoms with van der Waals surface area (Å²) in [6, 6.07) is 0. The number of hydrogen-bond donors (Lipinski definition) is 0. The van der Waals surface area contributed by atoms with Gasteiger partial charge in [-0.1, -0.05) is 10.3 Å². The van der Waals surface area contributed by atoms with Crippen molar-refractivity contribution in [1.82, 2.24) is 20.1 Å². The maximum atomic E-state index is 13.1. The summed E-state index contributed by atoms with van der Waals surface area (Å²) < 4.78 is 15.7. The van der Waals surface area contributed by atoms with E-state index < -0.39 is 0 Å². The molecular formula is C21H28N4O5. The van der Waals surface area contributed by atoms with E-state index in [1.165, 1.54) is 0 Å². The van der Waals surface area contributed by atoms with Crippen LogP contribution in [0.25, 0.3) is 0 Å². The van der Waals surface area contributed by atoms with Crippen molar-refractivity contribution in [1.29, 1.82) is 0 Å². The molecule has 2 aliphatic rings. The van der Waals surface area contributed by atoms with E-state index in [9.17, 15) is 9.59 Å². The van der Waals surface area contributed by atoms with Crippen LogP contribution in [0.5, 0.6) is 0 Å². The number of carbonyl (C=O) groups excluding carboxylic acids is 2. The van der Waals surface area contributed by atoms with Crippen LogP contribution in [0.2, 0.25) is 0 Å². The Balaban J connectivity index is 1.49. The third-order valence-electron chi connectivity index (χ3n) is 6.63. The largest absolute Gasteiger partial charge is 0.380 e. The average Bonchev–Trinajstić information content (AvgIpc) is 3.36. The Morgan fingerprint density at radius 3 is 2.37 bits per heavy atom. The first kappa shape index (κ1) is 20.6. The van der Waals surface area contributed by atoms with Crippen LogP contribution in [-0.2, 0) is 22.7 Å². The van der Waals surface area contributed by atoms with Gasteiger partial charge in [0.15, 0.2) is 5.69 Å². The fourth-order valence-corrected chi connectivity index (χ4v) is 4.68. The first-order valence-electron chi connectivity index (χ1n) is 10.3. The van der Waals surface area contributed by atoms with Gasteiger partial charge < -0.3 is 23.6 Å². The summed E-state index contributed by atoms with van der Waals surface area (Å²) in [6.07, 6.45) is 2.83. The number of likely N-dealkylation sites (tertiary alicyclic amines) is 2. The summed E-state index contributed by atoms with van der Waals surface area (Å²) in [4.78, 5) is 29.5. The average molecular weight is 416 g/mol. The highest BCUT2D eigenvalue weighted by molar-refractivity contribution is 5.94. The van der Waals surface area contributed by atoms with Crippen molar-refractivity contribution >= 4 is 11.8 Å². The van der Waals surface area contributed by atoms with Crippen molar-refractivity contribution < 1.29 is 23.4 Å². The number of rotatable bonds is 5. The Hall–Kier alpha value is -2.68. The Morgan fingerprint density at radius 2 is 1.73 bits per heavy atom. The zero-order chi connectivity index (χ0) is 21.5. The van der Waals surface area contributed by atoms with Gasteiger partial charge in [0.25, 0.3) is 5.91 Å². The summed E-state index contributed by atoms with van der Waals surface area (Å²) in [5.74, 6) is 1.36. The topological polar surface area (TPSA) is 102 Å². The molecule has 30 heavy (non-hydrogen) atoms. The van der Waals surface area contributed by atoms with Crippen molar-refractivity contribution in [2.75, 3.05) is 20.2 Å². The molecule has 0 aliphatic carbocycles. The molecule has 0 bridgehead atoms. The molecule has 4 rings (SSSR count). The van der Waals surface area contributed by atoms with Crippen LogP contribution in [0, 0.1) is 20.8 Å². The van der Waals surface area contributed by atoms with E-state index in [2.05, 4.69) is 10.3 Å². The molecule has 2 aromatic rings. The molecule has 9 heteroatoms. The second kappa shape index (κ2) is 7.86. The van der Waals surface area contributed by atoms with Crippen LogP contribution in [0.15, 0.2) is 9.05 Å². The third-order valence-corrected chi connectivity index (χ3v) is 6.63. The number of hydrogen-bond acceptors (Lipinski definition) is 7. The molecule has 1 spiro atoms. The normalized spacial score (nSPS) is 18.6. The molecule has 0 atom stereocenters. The molecule has 2 amide bonds. The van der Waals surface area contributed by atoms with Crippen LogP contribution in [0.4, 0.5) is 0 Å². The predicted octanol–water partition coefficient (Wildman–Crippen LogP) is 2.53. The van der Waals surface area contributed by atoms with Crippen LogP contribution in [-0.4, -0.2) is 57.7 Å². The van der Waals surface area contributed by atoms with Gasteiger partial charge in [0, 0.05) is 37.7 Å². The molecule has 2 saturated heterocycles. The lowest BCUT2D eigenvalue weighted by Crippen LogP contribution is -2.54. The standard InChI is InChI=1S/C21H28N4O5/c1-13-16(14(2)29-22-13)11-25-18(26)5-6-21(25)7-9-24(10-8-21)20(27)19-17(12-28-4)15(3)30-23-19/h5-12H2,1-4H3. The van der Waals surface area contributed by atoms with Gasteiger partial charge in [-0.05, 0) is 40.0 Å². The first-order chi connectivity index (χ1) is 14.4. The van der Waals surface area contributed by atoms with Crippen LogP contribution in [0.3, 0.4) is 0 Å². The second-order valence-corrected chi connectivity index (χ2v) is 8.30. The molecule has 0 N–H and O–H groups in total. The number of ether oxygens (including phenoxy) is 1. The van der Waals surface area contributed by atoms with E-state index in [1.54, 1.807) is 18.9 Å². The fraction of sp³-hybridized carbons (Fsp3) is 0.619. The molecule has 0 saturated carbocycles. The van der Waals surface area contributed by atoms with Gasteiger partial charge in [-0.3, -0.25) is 9.59 Å². The van der Waals surface area contributed by atoms with Gasteiger partial charge in [-0.15, -0.1) is 0 Å². The quantitative estimate of drug-likeness (QED) is 0.738. The highest BCUT2D eigenvalue weighted by Gasteiger charge is 2.48. The fourth-order valence-electron chi connectivity index (χ4n) is 4.68. The summed E-state index contributed by atoms with van der Waals surface area (Å²) in [5.41, 5.74) is 2.59. The van der Waals surface area contributed by atoms with Gasteiger partial charge in [0.05, 0.1) is 24.4 Å². The van der Waals surface area contributed by atoms with Crippen LogP contribution >= 0.6 is 0 Å². The zero-order valence-corrected chi connectivity index (χ0v) is 18.0. The van der Waals surface area contributed by atoms with Crippen molar-refractivity contribution in [3.63, 3.8) is 0 Å². The lowest BCUT2D eigenvalue weighted by molar-refractivity contribution is -0.133. The Morgan fingerprint density at radius 1 is 1.07 bits per heavy atom. The minimum atomic E-state index is -0.223. The van der Waals surface area contributed by atoms with Crippen LogP contribution in [0.1, 0.15) is 64.5 Å². The third kappa shape index (κ3) is 3.40. The molecule has 4 heterocycles. The molecular weight excluding hydrogens is 388 g/mol. The van der Waals surface area contributed by atoms with Crippen LogP contribution < -0.4 is 0 Å². The molecule has 0 unspecified atom stereocenters. The Labute approximate surface area is 175 Å². The highest BCUT2D eigenvalue weighted by atomic mass is 16.5. The molecule has 0 aromatic carbocycles. The highest BCUT2D eigenvalue weighted by Crippen LogP contribution is 2.41. The van der Waals surface area contributed by atoms with E-state index in [1.807, 2.05) is 18.7 Å². The van der Waals surface area contributed by atoms with Gasteiger partial charge >= 0.3 is 0 Å². The SMILES string of the molecule is COCc1c(C(=O)N2CCC3(CCC(=O)N3Cc3c(C)noc3C)CC2)noc1C. The molecule has 162 valence electrons. The number of aromatic nitrogens is 2. The number of aryl methyl sites for hydroxylation is 3. The Kier molecular flexibility index (Phi) is 5.40. The molecule has 2 aromatic heterocycles. The number of carbonyl (C=O) groups is 2. The summed E-state index contributed by atoms with van der Waals surface area (Å²) in [6.45, 7) is 7.49. The lowest BCUT2D eigenvalue weighted by Gasteiger charge is -2.45. The predicted molar refractivity (Wildman–Crippen MR) is 106 cm³/mol. The van der Waals surface area contributed by atoms with Gasteiger partial charge in [0.2, 0.25) is 5.91 Å². The molecule has 0 radical (unpaired) electrons. The minimum Gasteiger partial charge on any atom is -0.380 e. The van der Waals surface area contributed by atoms with Crippen molar-refractivity contribution in [3.8, 4) is 0 Å². The van der Waals surface area contributed by atoms with E-state index in [-0.39, 0.29) is 24.0 Å². The maximum absolute atomic E-state index is 13.1. The van der Waals surface area contributed by atoms with E-state index in [0.717, 1.165) is 36.3 Å². The summed E-state index contributed by atoms with van der Waals surface area (Å²) in [5, 5.41) is 7.99. The van der Waals surface area contributed by atoms with E-state index >= 15 is 0 Å². The monoisotopic (exact) mass is 416 g/mol. The Bertz CT molecular complexity index is 935. The molecule has 2 fully saturated rings. The first-order valence-corrected chi connectivity index (χ1v) is 10.3. The van der Waals surface area contributed by atoms with E-state index in [0.29, 0.717) is 43.1 Å². The number of methoxy groups -OCH3 is 1. The summed E-state index contributed by atoms with van der Waals surface area (Å²) >= 11 is 0. The van der Waals surface area contributed by atoms with Crippen molar-refractivity contribution in [3.05, 3.63) is 34.0 Å². The number of nitrogens with zero attached hydrogens (tertiary/aromatic N) is 4. The van der Waals surface area contributed by atoms with Gasteiger partial charge in [-0.2, -0.15) is 0 Å². The van der Waals surface area contributed by atoms with E-state index in [4.69, 9.17) is 13.8 Å². The minimum absolute atomic E-state index is 0.143. The van der Waals surface area contributed by atoms with Gasteiger partial charge in [0.1, 0.15) is 11.5 Å². The van der Waals surface area contributed by atoms with Gasteiger partial charge in [-0.25, -0.2) is 0 Å². The van der Waals surface area contributed by atoms with Crippen molar-refractivity contribution in [2.24, 2.45) is 0 Å². The lowest BCUT2D eigenvalue weighted by atomic mass is 9.84. The van der Waals surface area contributed by atoms with Crippen molar-refractivity contribution in [2.45, 2.75) is 65.1 Å².